The molecule has 4 rings (SSSR count). The normalized spacial score (nSPS) is 10.6. The summed E-state index contributed by atoms with van der Waals surface area (Å²) in [5, 5.41) is 3.31. The minimum atomic E-state index is -0.222. The lowest BCUT2D eigenvalue weighted by atomic mass is 9.96. The number of nitrogens with two attached hydrogens (primary N) is 1. The summed E-state index contributed by atoms with van der Waals surface area (Å²) >= 11 is 5.84. The van der Waals surface area contributed by atoms with Gasteiger partial charge in [-0.1, -0.05) is 72.3 Å². The van der Waals surface area contributed by atoms with Crippen molar-refractivity contribution in [3.8, 4) is 22.3 Å². The number of hydrogen-bond acceptors (Lipinski definition) is 3. The fourth-order valence-electron chi connectivity index (χ4n) is 3.30. The highest BCUT2D eigenvalue weighted by Gasteiger charge is 2.09. The number of carbonyl (C=O) groups is 1. The zero-order valence-corrected chi connectivity index (χ0v) is 16.9. The van der Waals surface area contributed by atoms with Gasteiger partial charge in [-0.2, -0.15) is 0 Å². The summed E-state index contributed by atoms with van der Waals surface area (Å²) < 4.78 is 0. The molecule has 0 radical (unpaired) electrons. The van der Waals surface area contributed by atoms with Gasteiger partial charge in [0.1, 0.15) is 5.82 Å². The number of amides is 1. The first-order chi connectivity index (χ1) is 14.6. The first kappa shape index (κ1) is 19.8. The topological polar surface area (TPSA) is 68.0 Å². The summed E-state index contributed by atoms with van der Waals surface area (Å²) in [6.07, 6.45) is 1.50. The van der Waals surface area contributed by atoms with Crippen molar-refractivity contribution in [2.24, 2.45) is 5.73 Å². The standard InChI is InChI=1S/C25H20ClN3O/c26-22-12-13-24(28-16-22)29-25(30)20-6-3-5-19(14-20)17-8-10-18(11-9-17)23-7-2-1-4-21(23)15-27/h1-14,16H,15,27H2,(H,28,29,30). The van der Waals surface area contributed by atoms with Crippen LogP contribution in [0.2, 0.25) is 5.02 Å². The van der Waals surface area contributed by atoms with E-state index in [9.17, 15) is 4.79 Å². The van der Waals surface area contributed by atoms with Gasteiger partial charge in [-0.15, -0.1) is 0 Å². The molecule has 0 spiro atoms. The molecule has 5 heteroatoms. The highest BCUT2D eigenvalue weighted by Crippen LogP contribution is 2.27. The van der Waals surface area contributed by atoms with E-state index in [-0.39, 0.29) is 5.91 Å². The molecule has 0 fully saturated rings. The van der Waals surface area contributed by atoms with Gasteiger partial charge < -0.3 is 11.1 Å². The second-order valence-corrected chi connectivity index (χ2v) is 7.27. The van der Waals surface area contributed by atoms with E-state index < -0.39 is 0 Å². The van der Waals surface area contributed by atoms with E-state index in [0.717, 1.165) is 27.8 Å². The van der Waals surface area contributed by atoms with E-state index in [2.05, 4.69) is 40.6 Å². The van der Waals surface area contributed by atoms with Crippen molar-refractivity contribution in [3.05, 3.63) is 107 Å². The highest BCUT2D eigenvalue weighted by atomic mass is 35.5. The lowest BCUT2D eigenvalue weighted by molar-refractivity contribution is 0.102. The van der Waals surface area contributed by atoms with Gasteiger partial charge in [0.25, 0.3) is 5.91 Å². The van der Waals surface area contributed by atoms with Crippen LogP contribution in [0.1, 0.15) is 15.9 Å². The Balaban J connectivity index is 1.56. The Labute approximate surface area is 180 Å². The maximum absolute atomic E-state index is 12.6. The summed E-state index contributed by atoms with van der Waals surface area (Å²) in [6.45, 7) is 0.498. The van der Waals surface area contributed by atoms with E-state index in [4.69, 9.17) is 17.3 Å². The smallest absolute Gasteiger partial charge is 0.256 e. The van der Waals surface area contributed by atoms with Crippen LogP contribution in [-0.4, -0.2) is 10.9 Å². The third kappa shape index (κ3) is 4.40. The van der Waals surface area contributed by atoms with Crippen molar-refractivity contribution < 1.29 is 4.79 Å². The fourth-order valence-corrected chi connectivity index (χ4v) is 3.41. The number of nitrogens with one attached hydrogen (secondary N) is 1. The molecule has 0 aliphatic rings. The summed E-state index contributed by atoms with van der Waals surface area (Å²) in [4.78, 5) is 16.7. The van der Waals surface area contributed by atoms with Crippen molar-refractivity contribution in [1.29, 1.82) is 0 Å². The van der Waals surface area contributed by atoms with Crippen LogP contribution < -0.4 is 11.1 Å². The van der Waals surface area contributed by atoms with Crippen LogP contribution in [0.15, 0.2) is 91.1 Å². The summed E-state index contributed by atoms with van der Waals surface area (Å²) in [5.74, 6) is 0.234. The quantitative estimate of drug-likeness (QED) is 0.435. The van der Waals surface area contributed by atoms with Crippen LogP contribution in [0.25, 0.3) is 22.3 Å². The summed E-state index contributed by atoms with van der Waals surface area (Å²) in [7, 11) is 0. The number of rotatable bonds is 5. The van der Waals surface area contributed by atoms with Crippen molar-refractivity contribution in [2.75, 3.05) is 5.32 Å². The van der Waals surface area contributed by atoms with Crippen LogP contribution in [0.5, 0.6) is 0 Å². The van der Waals surface area contributed by atoms with Crippen LogP contribution in [0.4, 0.5) is 5.82 Å². The number of benzene rings is 3. The van der Waals surface area contributed by atoms with Gasteiger partial charge in [-0.05, 0) is 52.1 Å². The number of aromatic nitrogens is 1. The average molecular weight is 414 g/mol. The molecule has 3 N–H and O–H groups in total. The Morgan fingerprint density at radius 1 is 0.867 bits per heavy atom. The molecule has 0 bridgehead atoms. The molecule has 0 unspecified atom stereocenters. The van der Waals surface area contributed by atoms with E-state index in [1.807, 2.05) is 36.4 Å². The minimum Gasteiger partial charge on any atom is -0.326 e. The van der Waals surface area contributed by atoms with Crippen molar-refractivity contribution in [3.63, 3.8) is 0 Å². The number of pyridine rings is 1. The van der Waals surface area contributed by atoms with E-state index >= 15 is 0 Å². The molecule has 0 saturated heterocycles. The maximum Gasteiger partial charge on any atom is 0.256 e. The number of nitrogens with zero attached hydrogens (tertiary/aromatic N) is 1. The molecule has 0 atom stereocenters. The molecular formula is C25H20ClN3O. The Morgan fingerprint density at radius 2 is 1.63 bits per heavy atom. The summed E-state index contributed by atoms with van der Waals surface area (Å²) in [6, 6.07) is 27.3. The second kappa shape index (κ2) is 8.91. The predicted molar refractivity (Wildman–Crippen MR) is 122 cm³/mol. The SMILES string of the molecule is NCc1ccccc1-c1ccc(-c2cccc(C(=O)Nc3ccc(Cl)cn3)c2)cc1. The predicted octanol–water partition coefficient (Wildman–Crippen LogP) is 5.78. The van der Waals surface area contributed by atoms with Gasteiger partial charge in [0.2, 0.25) is 0 Å². The lowest BCUT2D eigenvalue weighted by Gasteiger charge is -2.10. The van der Waals surface area contributed by atoms with Crippen molar-refractivity contribution in [2.45, 2.75) is 6.54 Å². The molecule has 1 amide bonds. The van der Waals surface area contributed by atoms with Gasteiger partial charge in [0.05, 0.1) is 5.02 Å². The zero-order valence-electron chi connectivity index (χ0n) is 16.2. The number of halogens is 1. The summed E-state index contributed by atoms with van der Waals surface area (Å²) in [5.41, 5.74) is 11.8. The third-order valence-electron chi connectivity index (χ3n) is 4.86. The molecule has 1 heterocycles. The van der Waals surface area contributed by atoms with Gasteiger partial charge in [-0.3, -0.25) is 4.79 Å². The van der Waals surface area contributed by atoms with Gasteiger partial charge >= 0.3 is 0 Å². The molecule has 0 aliphatic carbocycles. The van der Waals surface area contributed by atoms with Crippen LogP contribution in [-0.2, 0) is 6.54 Å². The first-order valence-electron chi connectivity index (χ1n) is 9.56. The van der Waals surface area contributed by atoms with E-state index in [0.29, 0.717) is 22.9 Å². The lowest BCUT2D eigenvalue weighted by Crippen LogP contribution is -2.12. The number of carbonyl (C=O) groups excluding carboxylic acids is 1. The van der Waals surface area contributed by atoms with Gasteiger partial charge in [0, 0.05) is 18.3 Å². The fraction of sp³-hybridized carbons (Fsp3) is 0.0400. The molecule has 1 aromatic heterocycles. The average Bonchev–Trinajstić information content (AvgIpc) is 2.80. The van der Waals surface area contributed by atoms with Gasteiger partial charge in [0.15, 0.2) is 0 Å². The molecule has 30 heavy (non-hydrogen) atoms. The third-order valence-corrected chi connectivity index (χ3v) is 5.08. The van der Waals surface area contributed by atoms with Gasteiger partial charge in [-0.25, -0.2) is 4.98 Å². The highest BCUT2D eigenvalue weighted by molar-refractivity contribution is 6.30. The molecule has 3 aromatic carbocycles. The molecule has 4 aromatic rings. The first-order valence-corrected chi connectivity index (χ1v) is 9.93. The Morgan fingerprint density at radius 3 is 2.37 bits per heavy atom. The molecular weight excluding hydrogens is 394 g/mol. The monoisotopic (exact) mass is 413 g/mol. The Kier molecular flexibility index (Phi) is 5.89. The van der Waals surface area contributed by atoms with Crippen LogP contribution >= 0.6 is 11.6 Å². The molecule has 0 saturated carbocycles. The van der Waals surface area contributed by atoms with E-state index in [1.54, 1.807) is 18.2 Å². The molecule has 148 valence electrons. The molecule has 4 nitrogen and oxygen atoms in total. The molecule has 0 aliphatic heterocycles. The van der Waals surface area contributed by atoms with Crippen LogP contribution in [0.3, 0.4) is 0 Å². The number of anilines is 1. The largest absolute Gasteiger partial charge is 0.326 e. The Hall–Kier alpha value is -3.47. The van der Waals surface area contributed by atoms with E-state index in [1.165, 1.54) is 6.20 Å². The Bertz CT molecular complexity index is 1170. The second-order valence-electron chi connectivity index (χ2n) is 6.84. The van der Waals surface area contributed by atoms with Crippen molar-refractivity contribution in [1.82, 2.24) is 4.98 Å². The van der Waals surface area contributed by atoms with Crippen LogP contribution in [0, 0.1) is 0 Å². The number of hydrogen-bond donors (Lipinski definition) is 2. The zero-order chi connectivity index (χ0) is 20.9. The maximum atomic E-state index is 12.6. The van der Waals surface area contributed by atoms with Crippen molar-refractivity contribution >= 4 is 23.3 Å². The minimum absolute atomic E-state index is 0.222.